The van der Waals surface area contributed by atoms with Gasteiger partial charge in [0.05, 0.1) is 5.56 Å². The summed E-state index contributed by atoms with van der Waals surface area (Å²) in [5.74, 6) is 1.63. The highest BCUT2D eigenvalue weighted by Gasteiger charge is 2.30. The number of halogens is 3. The Kier molecular flexibility index (Phi) is 5.33. The first kappa shape index (κ1) is 16.7. The predicted octanol–water partition coefficient (Wildman–Crippen LogP) is 6.26. The lowest BCUT2D eigenvalue weighted by molar-refractivity contribution is -0.137. The summed E-state index contributed by atoms with van der Waals surface area (Å²) in [5, 5.41) is 0. The summed E-state index contributed by atoms with van der Waals surface area (Å²) in [6.07, 6.45) is 0.667. The molecule has 1 nitrogen and oxygen atoms in total. The summed E-state index contributed by atoms with van der Waals surface area (Å²) in [6, 6.07) is 7.12. The van der Waals surface area contributed by atoms with Crippen molar-refractivity contribution in [2.24, 2.45) is 0 Å². The Morgan fingerprint density at radius 2 is 1.64 bits per heavy atom. The van der Waals surface area contributed by atoms with Crippen LogP contribution in [-0.4, -0.2) is 0 Å². The monoisotopic (exact) mass is 310 g/mol. The van der Waals surface area contributed by atoms with Crippen LogP contribution in [0.4, 0.5) is 13.2 Å². The molecule has 4 heteroatoms. The van der Waals surface area contributed by atoms with Gasteiger partial charge in [0.2, 0.25) is 0 Å². The molecule has 0 bridgehead atoms. The van der Waals surface area contributed by atoms with Gasteiger partial charge in [-0.15, -0.1) is 0 Å². The number of aryl methyl sites for hydroxylation is 2. The summed E-state index contributed by atoms with van der Waals surface area (Å²) >= 11 is 0. The summed E-state index contributed by atoms with van der Waals surface area (Å²) < 4.78 is 43.7. The van der Waals surface area contributed by atoms with Gasteiger partial charge < -0.3 is 4.42 Å². The molecule has 0 N–H and O–H groups in total. The minimum Gasteiger partial charge on any atom is -0.461 e. The lowest BCUT2D eigenvalue weighted by Crippen LogP contribution is -2.03. The van der Waals surface area contributed by atoms with Crippen molar-refractivity contribution in [2.75, 3.05) is 0 Å². The van der Waals surface area contributed by atoms with Gasteiger partial charge in [-0.05, 0) is 36.6 Å². The minimum absolute atomic E-state index is 0.636. The molecule has 0 atom stereocenters. The molecule has 120 valence electrons. The molecule has 2 rings (SSSR count). The van der Waals surface area contributed by atoms with E-state index in [2.05, 4.69) is 13.8 Å². The molecule has 1 heterocycles. The van der Waals surface area contributed by atoms with Crippen LogP contribution in [0.15, 0.2) is 34.7 Å². The Hall–Kier alpha value is -1.71. The van der Waals surface area contributed by atoms with Crippen LogP contribution in [0.3, 0.4) is 0 Å². The Labute approximate surface area is 129 Å². The van der Waals surface area contributed by atoms with Crippen LogP contribution in [0.5, 0.6) is 0 Å². The zero-order chi connectivity index (χ0) is 16.2. The molecule has 0 radical (unpaired) electrons. The fraction of sp³-hybridized carbons (Fsp3) is 0.444. The van der Waals surface area contributed by atoms with Gasteiger partial charge >= 0.3 is 6.18 Å². The highest BCUT2D eigenvalue weighted by molar-refractivity contribution is 5.59. The Morgan fingerprint density at radius 1 is 0.955 bits per heavy atom. The van der Waals surface area contributed by atoms with Crippen LogP contribution in [0, 0.1) is 0 Å². The molecule has 1 aromatic carbocycles. The van der Waals surface area contributed by atoms with Crippen molar-refractivity contribution in [3.05, 3.63) is 47.2 Å². The molecule has 0 saturated heterocycles. The first-order chi connectivity index (χ1) is 10.5. The van der Waals surface area contributed by atoms with E-state index < -0.39 is 11.7 Å². The van der Waals surface area contributed by atoms with Crippen molar-refractivity contribution in [1.82, 2.24) is 0 Å². The van der Waals surface area contributed by atoms with E-state index in [1.165, 1.54) is 17.7 Å². The number of benzene rings is 1. The fourth-order valence-electron chi connectivity index (χ4n) is 2.46. The quantitative estimate of drug-likeness (QED) is 0.613. The van der Waals surface area contributed by atoms with E-state index in [4.69, 9.17) is 4.42 Å². The number of alkyl halides is 3. The molecule has 0 aliphatic rings. The number of furan rings is 1. The second-order valence-corrected chi connectivity index (χ2v) is 5.49. The first-order valence-electron chi connectivity index (χ1n) is 7.75. The molecule has 1 aromatic heterocycles. The van der Waals surface area contributed by atoms with Crippen LogP contribution in [0.25, 0.3) is 11.3 Å². The molecule has 0 unspecified atom stereocenters. The van der Waals surface area contributed by atoms with E-state index >= 15 is 0 Å². The van der Waals surface area contributed by atoms with Gasteiger partial charge in [0.15, 0.2) is 0 Å². The zero-order valence-corrected chi connectivity index (χ0v) is 13.0. The van der Waals surface area contributed by atoms with E-state index in [0.717, 1.165) is 50.0 Å². The highest BCUT2D eigenvalue weighted by atomic mass is 19.4. The van der Waals surface area contributed by atoms with Crippen molar-refractivity contribution in [3.8, 4) is 11.3 Å². The van der Waals surface area contributed by atoms with Gasteiger partial charge in [-0.1, -0.05) is 38.8 Å². The molecule has 0 amide bonds. The zero-order valence-electron chi connectivity index (χ0n) is 13.0. The number of unbranched alkanes of at least 4 members (excludes halogenated alkanes) is 1. The summed E-state index contributed by atoms with van der Waals surface area (Å²) in [4.78, 5) is 0. The van der Waals surface area contributed by atoms with Crippen molar-refractivity contribution < 1.29 is 17.6 Å². The maximum atomic E-state index is 12.6. The highest BCUT2D eigenvalue weighted by Crippen LogP contribution is 2.32. The van der Waals surface area contributed by atoms with E-state index in [9.17, 15) is 13.2 Å². The standard InChI is InChI=1S/C18H21F3O/c1-3-5-7-16-14(6-4-2)12-17(22-16)13-8-10-15(11-9-13)18(19,20)21/h8-12H,3-7H2,1-2H3. The molecule has 2 aromatic rings. The summed E-state index contributed by atoms with van der Waals surface area (Å²) in [5.41, 5.74) is 1.22. The van der Waals surface area contributed by atoms with Crippen LogP contribution in [-0.2, 0) is 19.0 Å². The maximum absolute atomic E-state index is 12.6. The van der Waals surface area contributed by atoms with E-state index in [-0.39, 0.29) is 0 Å². The first-order valence-corrected chi connectivity index (χ1v) is 7.75. The predicted molar refractivity (Wildman–Crippen MR) is 81.8 cm³/mol. The van der Waals surface area contributed by atoms with Crippen molar-refractivity contribution >= 4 is 0 Å². The topological polar surface area (TPSA) is 13.1 Å². The van der Waals surface area contributed by atoms with Crippen molar-refractivity contribution in [2.45, 2.75) is 52.1 Å². The third-order valence-corrected chi connectivity index (χ3v) is 3.67. The average molecular weight is 310 g/mol. The summed E-state index contributed by atoms with van der Waals surface area (Å²) in [7, 11) is 0. The second-order valence-electron chi connectivity index (χ2n) is 5.49. The second kappa shape index (κ2) is 7.03. The SMILES string of the molecule is CCCCc1oc(-c2ccc(C(F)(F)F)cc2)cc1CCC. The van der Waals surface area contributed by atoms with Gasteiger partial charge in [0.1, 0.15) is 11.5 Å². The number of hydrogen-bond acceptors (Lipinski definition) is 1. The van der Waals surface area contributed by atoms with E-state index in [1.807, 2.05) is 6.07 Å². The third-order valence-electron chi connectivity index (χ3n) is 3.67. The van der Waals surface area contributed by atoms with Crippen LogP contribution in [0.2, 0.25) is 0 Å². The minimum atomic E-state index is -4.30. The molecule has 0 aliphatic heterocycles. The van der Waals surface area contributed by atoms with Crippen LogP contribution < -0.4 is 0 Å². The van der Waals surface area contributed by atoms with Crippen LogP contribution >= 0.6 is 0 Å². The van der Waals surface area contributed by atoms with Crippen molar-refractivity contribution in [1.29, 1.82) is 0 Å². The normalized spacial score (nSPS) is 11.9. The summed E-state index contributed by atoms with van der Waals surface area (Å²) in [6.45, 7) is 4.23. The van der Waals surface area contributed by atoms with E-state index in [1.54, 1.807) is 0 Å². The number of rotatable bonds is 6. The molecule has 0 fully saturated rings. The van der Waals surface area contributed by atoms with Gasteiger partial charge in [0, 0.05) is 12.0 Å². The molecular formula is C18H21F3O. The molecular weight excluding hydrogens is 289 g/mol. The third kappa shape index (κ3) is 3.93. The van der Waals surface area contributed by atoms with E-state index in [0.29, 0.717) is 11.3 Å². The average Bonchev–Trinajstić information content (AvgIpc) is 2.88. The molecule has 0 aliphatic carbocycles. The Balaban J connectivity index is 2.28. The number of hydrogen-bond donors (Lipinski definition) is 0. The van der Waals surface area contributed by atoms with Gasteiger partial charge in [0.25, 0.3) is 0 Å². The molecule has 22 heavy (non-hydrogen) atoms. The lowest BCUT2D eigenvalue weighted by Gasteiger charge is -2.06. The Morgan fingerprint density at radius 3 is 2.18 bits per heavy atom. The van der Waals surface area contributed by atoms with Crippen LogP contribution in [0.1, 0.15) is 50.0 Å². The molecule has 0 spiro atoms. The van der Waals surface area contributed by atoms with Gasteiger partial charge in [-0.2, -0.15) is 13.2 Å². The van der Waals surface area contributed by atoms with Gasteiger partial charge in [-0.3, -0.25) is 0 Å². The Bertz CT molecular complexity index is 594. The smallest absolute Gasteiger partial charge is 0.416 e. The lowest BCUT2D eigenvalue weighted by atomic mass is 10.1. The fourth-order valence-corrected chi connectivity index (χ4v) is 2.46. The van der Waals surface area contributed by atoms with Gasteiger partial charge in [-0.25, -0.2) is 0 Å². The maximum Gasteiger partial charge on any atom is 0.416 e. The molecule has 0 saturated carbocycles. The largest absolute Gasteiger partial charge is 0.461 e. The van der Waals surface area contributed by atoms with Crippen molar-refractivity contribution in [3.63, 3.8) is 0 Å².